The number of carboxylic acids is 1. The quantitative estimate of drug-likeness (QED) is 0.240. The van der Waals surface area contributed by atoms with Crippen molar-refractivity contribution in [1.82, 2.24) is 0 Å². The molecular formula is C2H4BaO6PdS. The summed E-state index contributed by atoms with van der Waals surface area (Å²) in [5.41, 5.74) is 0. The molecule has 66 valence electrons. The Morgan fingerprint density at radius 3 is 1.27 bits per heavy atom. The molecule has 0 N–H and O–H groups in total. The van der Waals surface area contributed by atoms with Crippen LogP contribution in [-0.4, -0.2) is 72.4 Å². The van der Waals surface area contributed by atoms with Crippen molar-refractivity contribution < 1.29 is 47.8 Å². The first-order valence-corrected chi connectivity index (χ1v) is 2.91. The molecule has 0 saturated carbocycles. The van der Waals surface area contributed by atoms with E-state index in [-0.39, 0.29) is 69.3 Å². The molecule has 0 aromatic heterocycles. The number of carbonyl (C=O) groups excluding carboxylic acids is 1. The van der Waals surface area contributed by atoms with Gasteiger partial charge in [-0.15, -0.1) is 0 Å². The summed E-state index contributed by atoms with van der Waals surface area (Å²) in [6.45, 7) is 0.972. The largest absolute Gasteiger partial charge is 2.00 e. The first-order chi connectivity index (χ1) is 3.73. The normalized spacial score (nSPS) is 7.55. The molecule has 0 aromatic carbocycles. The molecule has 0 aromatic rings. The van der Waals surface area contributed by atoms with E-state index in [9.17, 15) is 0 Å². The Morgan fingerprint density at radius 1 is 1.27 bits per heavy atom. The summed E-state index contributed by atoms with van der Waals surface area (Å²) in [6.07, 6.45) is 0. The summed E-state index contributed by atoms with van der Waals surface area (Å²) in [7, 11) is -5.17. The second kappa shape index (κ2) is 11.6. The van der Waals surface area contributed by atoms with Gasteiger partial charge in [0.05, 0.1) is 0 Å². The van der Waals surface area contributed by atoms with Crippen molar-refractivity contribution in [3.8, 4) is 0 Å². The van der Waals surface area contributed by atoms with Gasteiger partial charge >= 0.3 is 69.3 Å². The minimum absolute atomic E-state index is 0. The van der Waals surface area contributed by atoms with E-state index in [1.165, 1.54) is 0 Å². The van der Waals surface area contributed by atoms with Crippen LogP contribution in [0.2, 0.25) is 0 Å². The van der Waals surface area contributed by atoms with Crippen LogP contribution in [0.4, 0.5) is 0 Å². The van der Waals surface area contributed by atoms with E-state index < -0.39 is 16.4 Å². The molecule has 0 bridgehead atoms. The van der Waals surface area contributed by atoms with Crippen molar-refractivity contribution in [2.45, 2.75) is 6.92 Å². The Balaban J connectivity index is -0.0000000383. The van der Waals surface area contributed by atoms with Gasteiger partial charge in [0.1, 0.15) is 0 Å². The summed E-state index contributed by atoms with van der Waals surface area (Å²) in [5.74, 6) is -1.08. The van der Waals surface area contributed by atoms with Gasteiger partial charge in [0, 0.05) is 16.4 Å². The fourth-order valence-electron chi connectivity index (χ4n) is 0. The first-order valence-electron chi connectivity index (χ1n) is 1.57. The van der Waals surface area contributed by atoms with Crippen LogP contribution in [0.5, 0.6) is 0 Å². The zero-order chi connectivity index (χ0) is 8.08. The average molecular weight is 400 g/mol. The zero-order valence-corrected chi connectivity index (χ0v) is 14.3. The minimum Gasteiger partial charge on any atom is 2.00 e. The molecule has 0 amide bonds. The van der Waals surface area contributed by atoms with E-state index >= 15 is 0 Å². The summed E-state index contributed by atoms with van der Waals surface area (Å²) >= 11 is 0. The Kier molecular flexibility index (Phi) is 24.1. The van der Waals surface area contributed by atoms with E-state index in [0.717, 1.165) is 6.92 Å². The second-order valence-electron chi connectivity index (χ2n) is 0.900. The monoisotopic (exact) mass is 400 g/mol. The van der Waals surface area contributed by atoms with Crippen LogP contribution in [-0.2, 0) is 35.6 Å². The Morgan fingerprint density at radius 2 is 1.27 bits per heavy atom. The van der Waals surface area contributed by atoms with Gasteiger partial charge in [0.2, 0.25) is 0 Å². The Hall–Kier alpha value is 1.57. The second-order valence-corrected chi connectivity index (χ2v) is 1.72. The van der Waals surface area contributed by atoms with Gasteiger partial charge in [-0.05, 0) is 6.92 Å². The molecule has 0 fully saturated rings. The molecule has 0 aliphatic rings. The van der Waals surface area contributed by atoms with E-state index in [4.69, 9.17) is 27.4 Å². The predicted octanol–water partition coefficient (Wildman–Crippen LogP) is -3.23. The number of aliphatic carboxylic acids is 1. The van der Waals surface area contributed by atoms with E-state index in [1.807, 2.05) is 0 Å². The standard InChI is InChI=1S/C2H4O2.Ba.H2O4S.Pd.H/c1-2(3)4;;1-5(2,3)4;;/h1H3,(H,3,4);;(H2,1,2,3,4);;/q;+1;;+2;/p-3. The van der Waals surface area contributed by atoms with Crippen LogP contribution in [0.3, 0.4) is 0 Å². The van der Waals surface area contributed by atoms with Crippen molar-refractivity contribution >= 4 is 65.2 Å². The molecule has 0 spiro atoms. The molecule has 0 saturated heterocycles. The molecule has 0 aliphatic carbocycles. The fraction of sp³-hybridized carbons (Fsp3) is 0.500. The summed E-state index contributed by atoms with van der Waals surface area (Å²) < 4.78 is 34.1. The van der Waals surface area contributed by atoms with Crippen LogP contribution < -0.4 is 5.11 Å². The Labute approximate surface area is 118 Å². The van der Waals surface area contributed by atoms with Crippen LogP contribution in [0.25, 0.3) is 0 Å². The molecular weight excluding hydrogens is 396 g/mol. The maximum absolute atomic E-state index is 8.89. The molecule has 0 heterocycles. The third-order valence-corrected chi connectivity index (χ3v) is 0. The van der Waals surface area contributed by atoms with Gasteiger partial charge < -0.3 is 19.0 Å². The third kappa shape index (κ3) is 428. The number of carboxylic acid groups (broad SMARTS) is 1. The SMILES string of the molecule is CC(=O)[O-].O=S(=O)([O-])[O-].[BaH+].[Pd+2]. The summed E-state index contributed by atoms with van der Waals surface area (Å²) in [4.78, 5) is 8.89. The van der Waals surface area contributed by atoms with E-state index in [0.29, 0.717) is 0 Å². The van der Waals surface area contributed by atoms with Gasteiger partial charge in [-0.2, -0.15) is 0 Å². The van der Waals surface area contributed by atoms with E-state index in [2.05, 4.69) is 0 Å². The van der Waals surface area contributed by atoms with Crippen molar-refractivity contribution in [3.05, 3.63) is 0 Å². The van der Waals surface area contributed by atoms with Crippen molar-refractivity contribution in [1.29, 1.82) is 0 Å². The molecule has 6 nitrogen and oxygen atoms in total. The number of hydrogen-bond donors (Lipinski definition) is 0. The number of hydrogen-bond acceptors (Lipinski definition) is 6. The Bertz CT molecular complexity index is 163. The fourth-order valence-corrected chi connectivity index (χ4v) is 0. The first kappa shape index (κ1) is 22.9. The molecule has 0 radical (unpaired) electrons. The smallest absolute Gasteiger partial charge is 2.00 e. The summed E-state index contributed by atoms with van der Waals surface area (Å²) in [5, 5.41) is 8.89. The maximum Gasteiger partial charge on any atom is 2.00 e. The molecule has 0 unspecified atom stereocenters. The van der Waals surface area contributed by atoms with Crippen molar-refractivity contribution in [3.63, 3.8) is 0 Å². The van der Waals surface area contributed by atoms with Crippen LogP contribution in [0, 0.1) is 0 Å². The topological polar surface area (TPSA) is 120 Å². The number of carbonyl (C=O) groups is 1. The minimum atomic E-state index is -5.17. The van der Waals surface area contributed by atoms with Gasteiger partial charge in [0.25, 0.3) is 0 Å². The van der Waals surface area contributed by atoms with Crippen molar-refractivity contribution in [2.24, 2.45) is 0 Å². The van der Waals surface area contributed by atoms with Gasteiger partial charge in [-0.1, -0.05) is 0 Å². The molecule has 0 atom stereocenters. The van der Waals surface area contributed by atoms with Gasteiger partial charge in [-0.25, -0.2) is 0 Å². The molecule has 0 aliphatic heterocycles. The summed E-state index contributed by atoms with van der Waals surface area (Å²) in [6, 6.07) is 0. The van der Waals surface area contributed by atoms with Crippen LogP contribution in [0.15, 0.2) is 0 Å². The third-order valence-electron chi connectivity index (χ3n) is 0. The van der Waals surface area contributed by atoms with Gasteiger partial charge in [0.15, 0.2) is 0 Å². The van der Waals surface area contributed by atoms with E-state index in [1.54, 1.807) is 0 Å². The molecule has 0 rings (SSSR count). The van der Waals surface area contributed by atoms with Crippen molar-refractivity contribution in [2.75, 3.05) is 0 Å². The number of rotatable bonds is 0. The van der Waals surface area contributed by atoms with Crippen LogP contribution in [0.1, 0.15) is 6.92 Å². The average Bonchev–Trinajstić information content (AvgIpc) is 1.19. The van der Waals surface area contributed by atoms with Gasteiger partial charge in [-0.3, -0.25) is 8.42 Å². The maximum atomic E-state index is 8.89. The molecule has 9 heteroatoms. The zero-order valence-electron chi connectivity index (χ0n) is 5.67. The molecule has 11 heavy (non-hydrogen) atoms. The van der Waals surface area contributed by atoms with Crippen LogP contribution >= 0.6 is 0 Å². The predicted molar refractivity (Wildman–Crippen MR) is 28.3 cm³/mol.